The van der Waals surface area contributed by atoms with Crippen LogP contribution in [0.25, 0.3) is 10.4 Å². The van der Waals surface area contributed by atoms with Crippen molar-refractivity contribution in [1.29, 1.82) is 0 Å². The molecule has 0 saturated heterocycles. The number of benzene rings is 1. The van der Waals surface area contributed by atoms with Crippen molar-refractivity contribution >= 4 is 23.3 Å². The average molecular weight is 372 g/mol. The second-order valence-electron chi connectivity index (χ2n) is 5.65. The molecular formula is C20H20O5S. The van der Waals surface area contributed by atoms with Gasteiger partial charge in [0.1, 0.15) is 6.61 Å². The lowest BCUT2D eigenvalue weighted by Crippen LogP contribution is -2.10. The van der Waals surface area contributed by atoms with Crippen LogP contribution < -0.4 is 4.74 Å². The molecule has 0 fully saturated rings. The molecule has 1 heterocycles. The lowest BCUT2D eigenvalue weighted by Gasteiger charge is -2.05. The van der Waals surface area contributed by atoms with Crippen molar-refractivity contribution in [3.63, 3.8) is 0 Å². The predicted molar refractivity (Wildman–Crippen MR) is 101 cm³/mol. The van der Waals surface area contributed by atoms with E-state index in [2.05, 4.69) is 13.2 Å². The summed E-state index contributed by atoms with van der Waals surface area (Å²) < 4.78 is 15.4. The Balaban J connectivity index is 1.90. The maximum Gasteiger partial charge on any atom is 0.335 e. The molecule has 0 N–H and O–H groups in total. The van der Waals surface area contributed by atoms with E-state index in [1.807, 2.05) is 36.4 Å². The SMILES string of the molecule is C=C(C)C(=O)OCOc1ccc(-c2ccc(COC(=O)C(=C)C)cc2)s1. The van der Waals surface area contributed by atoms with E-state index < -0.39 is 11.9 Å². The fraction of sp³-hybridized carbons (Fsp3) is 0.200. The van der Waals surface area contributed by atoms with Crippen molar-refractivity contribution in [1.82, 2.24) is 0 Å². The molecule has 1 aromatic heterocycles. The fourth-order valence-electron chi connectivity index (χ4n) is 1.85. The van der Waals surface area contributed by atoms with Gasteiger partial charge >= 0.3 is 11.9 Å². The second kappa shape index (κ2) is 9.01. The molecule has 26 heavy (non-hydrogen) atoms. The second-order valence-corrected chi connectivity index (χ2v) is 6.69. The van der Waals surface area contributed by atoms with Crippen molar-refractivity contribution in [2.75, 3.05) is 6.79 Å². The zero-order valence-corrected chi connectivity index (χ0v) is 15.6. The number of hydrogen-bond acceptors (Lipinski definition) is 6. The Morgan fingerprint density at radius 2 is 1.54 bits per heavy atom. The number of esters is 2. The van der Waals surface area contributed by atoms with Gasteiger partial charge in [0.25, 0.3) is 0 Å². The highest BCUT2D eigenvalue weighted by Crippen LogP contribution is 2.33. The van der Waals surface area contributed by atoms with Gasteiger partial charge < -0.3 is 14.2 Å². The van der Waals surface area contributed by atoms with Gasteiger partial charge in [-0.3, -0.25) is 0 Å². The monoisotopic (exact) mass is 372 g/mol. The number of carbonyl (C=O) groups is 2. The van der Waals surface area contributed by atoms with E-state index in [9.17, 15) is 9.59 Å². The Morgan fingerprint density at radius 3 is 2.15 bits per heavy atom. The zero-order valence-electron chi connectivity index (χ0n) is 14.7. The highest BCUT2D eigenvalue weighted by molar-refractivity contribution is 7.17. The quantitative estimate of drug-likeness (QED) is 0.388. The highest BCUT2D eigenvalue weighted by Gasteiger charge is 2.07. The van der Waals surface area contributed by atoms with Crippen molar-refractivity contribution in [3.8, 4) is 15.5 Å². The van der Waals surface area contributed by atoms with Gasteiger partial charge in [-0.05, 0) is 37.1 Å². The van der Waals surface area contributed by atoms with Crippen molar-refractivity contribution < 1.29 is 23.8 Å². The summed E-state index contributed by atoms with van der Waals surface area (Å²) in [7, 11) is 0. The lowest BCUT2D eigenvalue weighted by molar-refractivity contribution is -0.145. The topological polar surface area (TPSA) is 61.8 Å². The number of rotatable bonds is 8. The molecule has 6 heteroatoms. The fourth-order valence-corrected chi connectivity index (χ4v) is 2.70. The Kier molecular flexibility index (Phi) is 6.74. The molecule has 2 rings (SSSR count). The van der Waals surface area contributed by atoms with Crippen LogP contribution in [-0.2, 0) is 25.7 Å². The molecule has 0 atom stereocenters. The number of hydrogen-bond donors (Lipinski definition) is 0. The zero-order chi connectivity index (χ0) is 19.1. The summed E-state index contributed by atoms with van der Waals surface area (Å²) in [6.07, 6.45) is 0. The van der Waals surface area contributed by atoms with Crippen LogP contribution in [0.2, 0.25) is 0 Å². The summed E-state index contributed by atoms with van der Waals surface area (Å²) in [4.78, 5) is 23.7. The molecule has 0 saturated carbocycles. The molecule has 0 bridgehead atoms. The van der Waals surface area contributed by atoms with Crippen LogP contribution in [0.1, 0.15) is 19.4 Å². The Labute approximate surface area is 156 Å². The standard InChI is InChI=1S/C20H20O5S/c1-13(2)19(21)23-11-15-5-7-16(8-6-15)17-9-10-18(26-17)24-12-25-20(22)14(3)4/h5-10H,1,3,11-12H2,2,4H3. The summed E-state index contributed by atoms with van der Waals surface area (Å²) in [5.41, 5.74) is 2.61. The summed E-state index contributed by atoms with van der Waals surface area (Å²) in [5.74, 6) is -0.883. The van der Waals surface area contributed by atoms with Gasteiger partial charge in [-0.15, -0.1) is 0 Å². The largest absolute Gasteiger partial charge is 0.457 e. The molecule has 0 aliphatic heterocycles. The summed E-state index contributed by atoms with van der Waals surface area (Å²) >= 11 is 1.44. The van der Waals surface area contributed by atoms with Gasteiger partial charge in [0, 0.05) is 16.0 Å². The van der Waals surface area contributed by atoms with Gasteiger partial charge in [0.2, 0.25) is 6.79 Å². The Bertz CT molecular complexity index is 817. The van der Waals surface area contributed by atoms with E-state index >= 15 is 0 Å². The number of ether oxygens (including phenoxy) is 3. The third kappa shape index (κ3) is 5.60. The van der Waals surface area contributed by atoms with Gasteiger partial charge in [0.05, 0.1) is 0 Å². The minimum absolute atomic E-state index is 0.154. The van der Waals surface area contributed by atoms with E-state index in [0.29, 0.717) is 16.2 Å². The maximum atomic E-state index is 11.4. The van der Waals surface area contributed by atoms with Gasteiger partial charge in [-0.1, -0.05) is 48.8 Å². The van der Waals surface area contributed by atoms with E-state index in [-0.39, 0.29) is 13.4 Å². The van der Waals surface area contributed by atoms with E-state index in [1.54, 1.807) is 13.8 Å². The smallest absolute Gasteiger partial charge is 0.335 e. The van der Waals surface area contributed by atoms with Gasteiger partial charge in [0.15, 0.2) is 5.06 Å². The number of thiophene rings is 1. The first-order chi connectivity index (χ1) is 12.4. The van der Waals surface area contributed by atoms with E-state index in [0.717, 1.165) is 16.0 Å². The van der Waals surface area contributed by atoms with Crippen LogP contribution in [0.3, 0.4) is 0 Å². The van der Waals surface area contributed by atoms with Crippen LogP contribution in [0.4, 0.5) is 0 Å². The van der Waals surface area contributed by atoms with E-state index in [1.165, 1.54) is 11.3 Å². The summed E-state index contributed by atoms with van der Waals surface area (Å²) in [6.45, 7) is 10.3. The Morgan fingerprint density at radius 1 is 0.923 bits per heavy atom. The first kappa shape index (κ1) is 19.5. The molecule has 0 unspecified atom stereocenters. The predicted octanol–water partition coefficient (Wildman–Crippen LogP) is 4.49. The molecule has 1 aromatic carbocycles. The van der Waals surface area contributed by atoms with Crippen LogP contribution in [-0.4, -0.2) is 18.7 Å². The van der Waals surface area contributed by atoms with Crippen molar-refractivity contribution in [2.24, 2.45) is 0 Å². The summed E-state index contributed by atoms with van der Waals surface area (Å²) in [6, 6.07) is 11.4. The maximum absolute atomic E-state index is 11.4. The molecule has 0 spiro atoms. The van der Waals surface area contributed by atoms with Gasteiger partial charge in [-0.2, -0.15) is 0 Å². The molecule has 0 amide bonds. The molecule has 0 aliphatic carbocycles. The highest BCUT2D eigenvalue weighted by atomic mass is 32.1. The third-order valence-electron chi connectivity index (χ3n) is 3.28. The number of carbonyl (C=O) groups excluding carboxylic acids is 2. The molecule has 5 nitrogen and oxygen atoms in total. The van der Waals surface area contributed by atoms with Gasteiger partial charge in [-0.25, -0.2) is 9.59 Å². The van der Waals surface area contributed by atoms with Crippen molar-refractivity contribution in [2.45, 2.75) is 20.5 Å². The third-order valence-corrected chi connectivity index (χ3v) is 4.32. The van der Waals surface area contributed by atoms with Crippen molar-refractivity contribution in [3.05, 3.63) is 66.3 Å². The average Bonchev–Trinajstić information content (AvgIpc) is 3.08. The molecular weight excluding hydrogens is 352 g/mol. The molecule has 0 radical (unpaired) electrons. The van der Waals surface area contributed by atoms with Crippen LogP contribution in [0.5, 0.6) is 5.06 Å². The minimum atomic E-state index is -0.482. The normalized spacial score (nSPS) is 10.1. The molecule has 2 aromatic rings. The molecule has 0 aliphatic rings. The molecule has 136 valence electrons. The summed E-state index contributed by atoms with van der Waals surface area (Å²) in [5, 5.41) is 0.647. The Hall–Kier alpha value is -2.86. The van der Waals surface area contributed by atoms with Crippen LogP contribution >= 0.6 is 11.3 Å². The van der Waals surface area contributed by atoms with Crippen LogP contribution in [0.15, 0.2) is 60.7 Å². The minimum Gasteiger partial charge on any atom is -0.457 e. The first-order valence-corrected chi connectivity index (χ1v) is 8.65. The lowest BCUT2D eigenvalue weighted by atomic mass is 10.1. The van der Waals surface area contributed by atoms with Crippen LogP contribution in [0, 0.1) is 0 Å². The van der Waals surface area contributed by atoms with E-state index in [4.69, 9.17) is 14.2 Å². The first-order valence-electron chi connectivity index (χ1n) is 7.84.